The van der Waals surface area contributed by atoms with Crippen molar-refractivity contribution in [1.82, 2.24) is 4.98 Å². The average molecular weight is 337 g/mol. The Morgan fingerprint density at radius 2 is 1.72 bits per heavy atom. The quantitative estimate of drug-likeness (QED) is 0.498. The second kappa shape index (κ2) is 7.66. The van der Waals surface area contributed by atoms with E-state index in [0.717, 1.165) is 16.9 Å². The monoisotopic (exact) mass is 337 g/mol. The molecule has 0 aliphatic heterocycles. The fourth-order valence-corrected chi connectivity index (χ4v) is 2.36. The van der Waals surface area contributed by atoms with Crippen LogP contribution < -0.4 is 4.74 Å². The number of aromatic nitrogens is 1. The van der Waals surface area contributed by atoms with Gasteiger partial charge in [0.25, 0.3) is 0 Å². The highest BCUT2D eigenvalue weighted by molar-refractivity contribution is 5.88. The maximum atomic E-state index is 12.2. The standard InChI is InChI=1S/C20H19NO4/c1-14-8-6-7-11-17(14)23-12-13-24-20(22)18-15(2)25-19(21-18)16-9-4-3-5-10-16/h3-11H,12-13H2,1-2H3. The molecule has 5 heteroatoms. The molecule has 3 rings (SSSR count). The third-order valence-corrected chi connectivity index (χ3v) is 3.68. The summed E-state index contributed by atoms with van der Waals surface area (Å²) < 4.78 is 16.4. The van der Waals surface area contributed by atoms with Crippen molar-refractivity contribution in [2.45, 2.75) is 13.8 Å². The van der Waals surface area contributed by atoms with Gasteiger partial charge in [-0.1, -0.05) is 36.4 Å². The molecule has 0 radical (unpaired) electrons. The van der Waals surface area contributed by atoms with Crippen molar-refractivity contribution in [3.8, 4) is 17.2 Å². The summed E-state index contributed by atoms with van der Waals surface area (Å²) in [6.07, 6.45) is 0. The van der Waals surface area contributed by atoms with Crippen molar-refractivity contribution in [2.24, 2.45) is 0 Å². The largest absolute Gasteiger partial charge is 0.490 e. The van der Waals surface area contributed by atoms with Crippen LogP contribution in [0.25, 0.3) is 11.5 Å². The second-order valence-electron chi connectivity index (χ2n) is 5.54. The molecule has 0 N–H and O–H groups in total. The Labute approximate surface area is 146 Å². The molecule has 0 saturated heterocycles. The molecule has 2 aromatic carbocycles. The topological polar surface area (TPSA) is 61.6 Å². The van der Waals surface area contributed by atoms with Crippen LogP contribution in [-0.4, -0.2) is 24.2 Å². The number of hydrogen-bond donors (Lipinski definition) is 0. The van der Waals surface area contributed by atoms with E-state index in [1.54, 1.807) is 6.92 Å². The third kappa shape index (κ3) is 4.07. The summed E-state index contributed by atoms with van der Waals surface area (Å²) in [4.78, 5) is 16.4. The third-order valence-electron chi connectivity index (χ3n) is 3.68. The molecule has 0 aliphatic rings. The summed E-state index contributed by atoms with van der Waals surface area (Å²) in [5, 5.41) is 0. The number of aryl methyl sites for hydroxylation is 2. The van der Waals surface area contributed by atoms with E-state index in [-0.39, 0.29) is 18.9 Å². The number of oxazole rings is 1. The number of para-hydroxylation sites is 1. The Hall–Kier alpha value is -3.08. The Bertz CT molecular complexity index is 855. The molecule has 0 aliphatic carbocycles. The number of hydrogen-bond acceptors (Lipinski definition) is 5. The summed E-state index contributed by atoms with van der Waals surface area (Å²) in [5.41, 5.74) is 2.04. The summed E-state index contributed by atoms with van der Waals surface area (Å²) in [6, 6.07) is 17.1. The molecule has 5 nitrogen and oxygen atoms in total. The van der Waals surface area contributed by atoms with E-state index in [0.29, 0.717) is 11.7 Å². The van der Waals surface area contributed by atoms with Gasteiger partial charge in [0.1, 0.15) is 24.7 Å². The lowest BCUT2D eigenvalue weighted by Gasteiger charge is -2.08. The summed E-state index contributed by atoms with van der Waals surface area (Å²) >= 11 is 0. The van der Waals surface area contributed by atoms with Gasteiger partial charge in [-0.05, 0) is 37.6 Å². The van der Waals surface area contributed by atoms with Crippen LogP contribution in [0.5, 0.6) is 5.75 Å². The molecule has 0 amide bonds. The molecule has 128 valence electrons. The molecule has 0 spiro atoms. The first-order valence-electron chi connectivity index (χ1n) is 8.03. The Morgan fingerprint density at radius 3 is 2.48 bits per heavy atom. The minimum Gasteiger partial charge on any atom is -0.490 e. The number of esters is 1. The average Bonchev–Trinajstić information content (AvgIpc) is 3.02. The molecule has 0 unspecified atom stereocenters. The Morgan fingerprint density at radius 1 is 1.00 bits per heavy atom. The molecule has 0 saturated carbocycles. The normalized spacial score (nSPS) is 10.5. The highest BCUT2D eigenvalue weighted by atomic mass is 16.6. The van der Waals surface area contributed by atoms with Gasteiger partial charge in [-0.3, -0.25) is 0 Å². The van der Waals surface area contributed by atoms with Crippen molar-refractivity contribution < 1.29 is 18.7 Å². The first kappa shape index (κ1) is 16.8. The fraction of sp³-hybridized carbons (Fsp3) is 0.200. The van der Waals surface area contributed by atoms with Crippen LogP contribution in [0.15, 0.2) is 59.0 Å². The van der Waals surface area contributed by atoms with Crippen LogP contribution in [-0.2, 0) is 4.74 Å². The van der Waals surface area contributed by atoms with E-state index >= 15 is 0 Å². The van der Waals surface area contributed by atoms with Crippen molar-refractivity contribution in [1.29, 1.82) is 0 Å². The maximum Gasteiger partial charge on any atom is 0.360 e. The van der Waals surface area contributed by atoms with Crippen molar-refractivity contribution in [3.63, 3.8) is 0 Å². The van der Waals surface area contributed by atoms with Gasteiger partial charge in [0.2, 0.25) is 5.89 Å². The first-order valence-corrected chi connectivity index (χ1v) is 8.03. The Balaban J connectivity index is 1.57. The van der Waals surface area contributed by atoms with E-state index in [1.807, 2.05) is 61.5 Å². The number of nitrogens with zero attached hydrogens (tertiary/aromatic N) is 1. The maximum absolute atomic E-state index is 12.2. The number of carbonyl (C=O) groups excluding carboxylic acids is 1. The smallest absolute Gasteiger partial charge is 0.360 e. The SMILES string of the molecule is Cc1ccccc1OCCOC(=O)c1nc(-c2ccccc2)oc1C. The zero-order valence-electron chi connectivity index (χ0n) is 14.2. The van der Waals surface area contributed by atoms with Crippen LogP contribution in [0.4, 0.5) is 0 Å². The summed E-state index contributed by atoms with van der Waals surface area (Å²) in [6.45, 7) is 4.07. The van der Waals surface area contributed by atoms with E-state index in [1.165, 1.54) is 0 Å². The van der Waals surface area contributed by atoms with Crippen LogP contribution in [0.1, 0.15) is 21.8 Å². The van der Waals surface area contributed by atoms with Gasteiger partial charge in [-0.2, -0.15) is 0 Å². The molecule has 1 aromatic heterocycles. The number of rotatable bonds is 6. The lowest BCUT2D eigenvalue weighted by atomic mass is 10.2. The fourth-order valence-electron chi connectivity index (χ4n) is 2.36. The lowest BCUT2D eigenvalue weighted by Crippen LogP contribution is -2.13. The van der Waals surface area contributed by atoms with Crippen LogP contribution in [0.2, 0.25) is 0 Å². The van der Waals surface area contributed by atoms with Crippen molar-refractivity contribution >= 4 is 5.97 Å². The molecule has 0 bridgehead atoms. The zero-order valence-corrected chi connectivity index (χ0v) is 14.2. The molecule has 0 atom stereocenters. The lowest BCUT2D eigenvalue weighted by molar-refractivity contribution is 0.0442. The van der Waals surface area contributed by atoms with Crippen molar-refractivity contribution in [3.05, 3.63) is 71.6 Å². The summed E-state index contributed by atoms with van der Waals surface area (Å²) in [5.74, 6) is 1.10. The predicted octanol–water partition coefficient (Wildman–Crippen LogP) is 4.19. The molecule has 1 heterocycles. The molecule has 25 heavy (non-hydrogen) atoms. The van der Waals surface area contributed by atoms with Gasteiger partial charge < -0.3 is 13.9 Å². The van der Waals surface area contributed by atoms with Crippen LogP contribution in [0, 0.1) is 13.8 Å². The first-order chi connectivity index (χ1) is 12.1. The van der Waals surface area contributed by atoms with Crippen LogP contribution in [0.3, 0.4) is 0 Å². The van der Waals surface area contributed by atoms with Gasteiger partial charge in [-0.15, -0.1) is 0 Å². The van der Waals surface area contributed by atoms with E-state index < -0.39 is 5.97 Å². The number of carbonyl (C=O) groups is 1. The highest BCUT2D eigenvalue weighted by Gasteiger charge is 2.19. The number of benzene rings is 2. The number of ether oxygens (including phenoxy) is 2. The van der Waals surface area contributed by atoms with Gasteiger partial charge in [0.15, 0.2) is 5.69 Å². The molecular formula is C20H19NO4. The van der Waals surface area contributed by atoms with E-state index in [2.05, 4.69) is 4.98 Å². The molecule has 3 aromatic rings. The second-order valence-corrected chi connectivity index (χ2v) is 5.54. The van der Waals surface area contributed by atoms with E-state index in [9.17, 15) is 4.79 Å². The molecular weight excluding hydrogens is 318 g/mol. The van der Waals surface area contributed by atoms with Crippen LogP contribution >= 0.6 is 0 Å². The van der Waals surface area contributed by atoms with Gasteiger partial charge in [-0.25, -0.2) is 9.78 Å². The predicted molar refractivity (Wildman–Crippen MR) is 93.6 cm³/mol. The van der Waals surface area contributed by atoms with Gasteiger partial charge in [0.05, 0.1) is 0 Å². The van der Waals surface area contributed by atoms with Gasteiger partial charge in [0, 0.05) is 5.56 Å². The minimum atomic E-state index is -0.517. The van der Waals surface area contributed by atoms with E-state index in [4.69, 9.17) is 13.9 Å². The zero-order chi connectivity index (χ0) is 17.6. The Kier molecular flexibility index (Phi) is 5.14. The minimum absolute atomic E-state index is 0.139. The highest BCUT2D eigenvalue weighted by Crippen LogP contribution is 2.22. The van der Waals surface area contributed by atoms with Gasteiger partial charge >= 0.3 is 5.97 Å². The van der Waals surface area contributed by atoms with Crippen molar-refractivity contribution in [2.75, 3.05) is 13.2 Å². The summed E-state index contributed by atoms with van der Waals surface area (Å²) in [7, 11) is 0. The molecule has 0 fully saturated rings.